The molecule has 5 heteroatoms. The topological polar surface area (TPSA) is 50.8 Å². The number of pyridine rings is 1. The van der Waals surface area contributed by atoms with Crippen LogP contribution in [0.4, 0.5) is 0 Å². The SMILES string of the molecule is COc1ccc2nc(-c3ccncc3Br)[nH]c2c1. The number of imidazole rings is 1. The molecule has 0 unspecified atom stereocenters. The Morgan fingerprint density at radius 3 is 2.94 bits per heavy atom. The fourth-order valence-corrected chi connectivity index (χ4v) is 2.25. The summed E-state index contributed by atoms with van der Waals surface area (Å²) in [4.78, 5) is 11.9. The van der Waals surface area contributed by atoms with Gasteiger partial charge in [-0.1, -0.05) is 0 Å². The summed E-state index contributed by atoms with van der Waals surface area (Å²) >= 11 is 3.47. The van der Waals surface area contributed by atoms with Crippen molar-refractivity contribution in [1.29, 1.82) is 0 Å². The summed E-state index contributed by atoms with van der Waals surface area (Å²) in [5.74, 6) is 1.62. The van der Waals surface area contributed by atoms with Gasteiger partial charge >= 0.3 is 0 Å². The predicted octanol–water partition coefficient (Wildman–Crippen LogP) is 3.40. The molecular formula is C13H10BrN3O. The minimum absolute atomic E-state index is 0.812. The van der Waals surface area contributed by atoms with Crippen molar-refractivity contribution in [3.8, 4) is 17.1 Å². The van der Waals surface area contributed by atoms with E-state index in [0.717, 1.165) is 32.6 Å². The maximum atomic E-state index is 5.19. The molecule has 3 rings (SSSR count). The summed E-state index contributed by atoms with van der Waals surface area (Å²) in [5, 5.41) is 0. The minimum Gasteiger partial charge on any atom is -0.497 e. The summed E-state index contributed by atoms with van der Waals surface area (Å²) in [6.07, 6.45) is 3.50. The van der Waals surface area contributed by atoms with Crippen LogP contribution in [0.5, 0.6) is 5.75 Å². The molecule has 0 fully saturated rings. The van der Waals surface area contributed by atoms with Crippen molar-refractivity contribution in [3.05, 3.63) is 41.1 Å². The highest BCUT2D eigenvalue weighted by atomic mass is 79.9. The van der Waals surface area contributed by atoms with Crippen molar-refractivity contribution < 1.29 is 4.74 Å². The molecule has 0 aliphatic rings. The molecule has 90 valence electrons. The Kier molecular flexibility index (Phi) is 2.76. The highest BCUT2D eigenvalue weighted by Gasteiger charge is 2.08. The Labute approximate surface area is 112 Å². The van der Waals surface area contributed by atoms with E-state index in [4.69, 9.17) is 4.74 Å². The number of H-pyrrole nitrogens is 1. The third-order valence-corrected chi connectivity index (χ3v) is 3.35. The molecule has 3 aromatic rings. The van der Waals surface area contributed by atoms with Gasteiger partial charge in [0, 0.05) is 28.5 Å². The molecule has 0 atom stereocenters. The van der Waals surface area contributed by atoms with Crippen molar-refractivity contribution >= 4 is 27.0 Å². The summed E-state index contributed by atoms with van der Waals surface area (Å²) in [6.45, 7) is 0. The van der Waals surface area contributed by atoms with Crippen LogP contribution < -0.4 is 4.74 Å². The van der Waals surface area contributed by atoms with E-state index in [1.165, 1.54) is 0 Å². The van der Waals surface area contributed by atoms with E-state index < -0.39 is 0 Å². The Hall–Kier alpha value is -1.88. The molecule has 0 spiro atoms. The number of aromatic amines is 1. The summed E-state index contributed by atoms with van der Waals surface area (Å²) in [6, 6.07) is 7.68. The smallest absolute Gasteiger partial charge is 0.139 e. The van der Waals surface area contributed by atoms with Crippen molar-refractivity contribution in [3.63, 3.8) is 0 Å². The second kappa shape index (κ2) is 4.42. The average molecular weight is 304 g/mol. The average Bonchev–Trinajstić information content (AvgIpc) is 2.81. The first kappa shape index (κ1) is 11.2. The van der Waals surface area contributed by atoms with Gasteiger partial charge in [-0.15, -0.1) is 0 Å². The number of hydrogen-bond donors (Lipinski definition) is 1. The van der Waals surface area contributed by atoms with E-state index in [9.17, 15) is 0 Å². The number of benzene rings is 1. The van der Waals surface area contributed by atoms with E-state index in [1.54, 1.807) is 19.5 Å². The fourth-order valence-electron chi connectivity index (χ4n) is 1.81. The maximum Gasteiger partial charge on any atom is 0.139 e. The van der Waals surface area contributed by atoms with Gasteiger partial charge in [-0.2, -0.15) is 0 Å². The molecule has 1 aromatic carbocycles. The third-order valence-electron chi connectivity index (χ3n) is 2.72. The molecule has 18 heavy (non-hydrogen) atoms. The fraction of sp³-hybridized carbons (Fsp3) is 0.0769. The molecule has 0 saturated carbocycles. The van der Waals surface area contributed by atoms with Gasteiger partial charge in [-0.25, -0.2) is 4.98 Å². The molecular weight excluding hydrogens is 294 g/mol. The van der Waals surface area contributed by atoms with Crippen LogP contribution in [0.25, 0.3) is 22.4 Å². The minimum atomic E-state index is 0.812. The molecule has 0 radical (unpaired) electrons. The molecule has 4 nitrogen and oxygen atoms in total. The van der Waals surface area contributed by atoms with Gasteiger partial charge in [-0.3, -0.25) is 4.98 Å². The molecule has 0 saturated heterocycles. The molecule has 0 bridgehead atoms. The first-order chi connectivity index (χ1) is 8.78. The normalized spacial score (nSPS) is 10.8. The van der Waals surface area contributed by atoms with Gasteiger partial charge < -0.3 is 9.72 Å². The summed E-state index contributed by atoms with van der Waals surface area (Å²) in [5.41, 5.74) is 2.85. The molecule has 0 amide bonds. The zero-order valence-corrected chi connectivity index (χ0v) is 11.2. The van der Waals surface area contributed by atoms with Gasteiger partial charge in [0.15, 0.2) is 0 Å². The lowest BCUT2D eigenvalue weighted by atomic mass is 10.2. The number of hydrogen-bond acceptors (Lipinski definition) is 3. The first-order valence-corrected chi connectivity index (χ1v) is 6.21. The zero-order valence-electron chi connectivity index (χ0n) is 9.64. The second-order valence-electron chi connectivity index (χ2n) is 3.82. The second-order valence-corrected chi connectivity index (χ2v) is 4.68. The number of methoxy groups -OCH3 is 1. The van der Waals surface area contributed by atoms with E-state index in [1.807, 2.05) is 24.3 Å². The Bertz CT molecular complexity index is 708. The van der Waals surface area contributed by atoms with Crippen LogP contribution in [0.2, 0.25) is 0 Å². The lowest BCUT2D eigenvalue weighted by Crippen LogP contribution is -1.83. The van der Waals surface area contributed by atoms with Crippen molar-refractivity contribution in [2.75, 3.05) is 7.11 Å². The number of rotatable bonds is 2. The number of ether oxygens (including phenoxy) is 1. The Morgan fingerprint density at radius 2 is 2.17 bits per heavy atom. The quantitative estimate of drug-likeness (QED) is 0.789. The maximum absolute atomic E-state index is 5.19. The Balaban J connectivity index is 2.17. The number of nitrogens with one attached hydrogen (secondary N) is 1. The lowest BCUT2D eigenvalue weighted by molar-refractivity contribution is 0.415. The van der Waals surface area contributed by atoms with Gasteiger partial charge in [0.1, 0.15) is 11.6 Å². The molecule has 2 aromatic heterocycles. The van der Waals surface area contributed by atoms with Crippen LogP contribution >= 0.6 is 15.9 Å². The monoisotopic (exact) mass is 303 g/mol. The predicted molar refractivity (Wildman–Crippen MR) is 73.6 cm³/mol. The Morgan fingerprint density at radius 1 is 1.28 bits per heavy atom. The lowest BCUT2D eigenvalue weighted by Gasteiger charge is -1.98. The van der Waals surface area contributed by atoms with E-state index in [-0.39, 0.29) is 0 Å². The van der Waals surface area contributed by atoms with E-state index >= 15 is 0 Å². The summed E-state index contributed by atoms with van der Waals surface area (Å²) in [7, 11) is 1.65. The van der Waals surface area contributed by atoms with Gasteiger partial charge in [0.25, 0.3) is 0 Å². The molecule has 1 N–H and O–H groups in total. The van der Waals surface area contributed by atoms with Crippen LogP contribution in [-0.2, 0) is 0 Å². The standard InChI is InChI=1S/C13H10BrN3O/c1-18-8-2-3-11-12(6-8)17-13(16-11)9-4-5-15-7-10(9)14/h2-7H,1H3,(H,16,17). The van der Waals surface area contributed by atoms with Crippen LogP contribution in [-0.4, -0.2) is 22.1 Å². The number of nitrogens with zero attached hydrogens (tertiary/aromatic N) is 2. The van der Waals surface area contributed by atoms with Gasteiger partial charge in [0.2, 0.25) is 0 Å². The van der Waals surface area contributed by atoms with Crippen LogP contribution in [0.15, 0.2) is 41.1 Å². The van der Waals surface area contributed by atoms with Gasteiger partial charge in [0.05, 0.1) is 18.1 Å². The highest BCUT2D eigenvalue weighted by molar-refractivity contribution is 9.10. The zero-order chi connectivity index (χ0) is 12.5. The third kappa shape index (κ3) is 1.86. The van der Waals surface area contributed by atoms with Crippen molar-refractivity contribution in [2.45, 2.75) is 0 Å². The molecule has 2 heterocycles. The van der Waals surface area contributed by atoms with E-state index in [0.29, 0.717) is 0 Å². The first-order valence-electron chi connectivity index (χ1n) is 5.41. The van der Waals surface area contributed by atoms with Crippen LogP contribution in [0, 0.1) is 0 Å². The number of aromatic nitrogens is 3. The largest absolute Gasteiger partial charge is 0.497 e. The van der Waals surface area contributed by atoms with Crippen molar-refractivity contribution in [1.82, 2.24) is 15.0 Å². The van der Waals surface area contributed by atoms with Crippen molar-refractivity contribution in [2.24, 2.45) is 0 Å². The summed E-state index contributed by atoms with van der Waals surface area (Å²) < 4.78 is 6.11. The molecule has 0 aliphatic heterocycles. The van der Waals surface area contributed by atoms with Gasteiger partial charge in [-0.05, 0) is 34.1 Å². The number of halogens is 1. The van der Waals surface area contributed by atoms with Crippen LogP contribution in [0.1, 0.15) is 0 Å². The van der Waals surface area contributed by atoms with Crippen LogP contribution in [0.3, 0.4) is 0 Å². The highest BCUT2D eigenvalue weighted by Crippen LogP contribution is 2.27. The number of fused-ring (bicyclic) bond motifs is 1. The van der Waals surface area contributed by atoms with E-state index in [2.05, 4.69) is 30.9 Å². The molecule has 0 aliphatic carbocycles.